The maximum absolute atomic E-state index is 11.9. The molecule has 0 unspecified atom stereocenters. The van der Waals surface area contributed by atoms with Gasteiger partial charge in [-0.05, 0) is 38.0 Å². The van der Waals surface area contributed by atoms with Crippen LogP contribution in [0.15, 0.2) is 24.3 Å². The fraction of sp³-hybridized carbons (Fsp3) is 0.375. The standard InChI is InChI=1S/C16H17NO4/c1-2-20-16(19)11-7-10-3-4-12(9-18)17-15(10)14(8-11)21-13-5-6-13/h3-4,7-8,13,18H,2,5-6,9H2,1H3. The van der Waals surface area contributed by atoms with E-state index >= 15 is 0 Å². The molecule has 5 nitrogen and oxygen atoms in total. The molecule has 5 heteroatoms. The smallest absolute Gasteiger partial charge is 0.338 e. The highest BCUT2D eigenvalue weighted by atomic mass is 16.5. The summed E-state index contributed by atoms with van der Waals surface area (Å²) >= 11 is 0. The Hall–Kier alpha value is -2.14. The lowest BCUT2D eigenvalue weighted by molar-refractivity contribution is 0.0526. The van der Waals surface area contributed by atoms with Crippen molar-refractivity contribution < 1.29 is 19.4 Å². The Bertz CT molecular complexity index is 679. The lowest BCUT2D eigenvalue weighted by atomic mass is 10.1. The van der Waals surface area contributed by atoms with Gasteiger partial charge in [0.05, 0.1) is 30.6 Å². The number of benzene rings is 1. The van der Waals surface area contributed by atoms with E-state index in [1.165, 1.54) is 0 Å². The average Bonchev–Trinajstić information content (AvgIpc) is 3.31. The predicted molar refractivity (Wildman–Crippen MR) is 77.3 cm³/mol. The van der Waals surface area contributed by atoms with E-state index in [2.05, 4.69) is 4.98 Å². The van der Waals surface area contributed by atoms with E-state index in [-0.39, 0.29) is 18.7 Å². The number of fused-ring (bicyclic) bond motifs is 1. The molecule has 1 aliphatic carbocycles. The van der Waals surface area contributed by atoms with E-state index in [4.69, 9.17) is 9.47 Å². The number of pyridine rings is 1. The minimum Gasteiger partial charge on any atom is -0.488 e. The van der Waals surface area contributed by atoms with Gasteiger partial charge in [-0.15, -0.1) is 0 Å². The van der Waals surface area contributed by atoms with Crippen LogP contribution in [0.25, 0.3) is 10.9 Å². The van der Waals surface area contributed by atoms with Gasteiger partial charge in [0.1, 0.15) is 11.3 Å². The van der Waals surface area contributed by atoms with E-state index in [1.807, 2.05) is 6.07 Å². The number of hydrogen-bond donors (Lipinski definition) is 1. The minimum absolute atomic E-state index is 0.127. The molecule has 0 amide bonds. The van der Waals surface area contributed by atoms with Gasteiger partial charge in [0.15, 0.2) is 0 Å². The number of esters is 1. The van der Waals surface area contributed by atoms with E-state index < -0.39 is 0 Å². The number of aliphatic hydroxyl groups is 1. The van der Waals surface area contributed by atoms with Crippen LogP contribution in [-0.2, 0) is 11.3 Å². The van der Waals surface area contributed by atoms with Crippen LogP contribution < -0.4 is 4.74 Å². The van der Waals surface area contributed by atoms with Gasteiger partial charge < -0.3 is 14.6 Å². The van der Waals surface area contributed by atoms with Gasteiger partial charge in [0.25, 0.3) is 0 Å². The SMILES string of the molecule is CCOC(=O)c1cc(OC2CC2)c2nc(CO)ccc2c1. The van der Waals surface area contributed by atoms with E-state index in [1.54, 1.807) is 25.1 Å². The first kappa shape index (κ1) is 13.8. The number of rotatable bonds is 5. The lowest BCUT2D eigenvalue weighted by Crippen LogP contribution is -2.06. The molecule has 0 spiro atoms. The zero-order chi connectivity index (χ0) is 14.8. The summed E-state index contributed by atoms with van der Waals surface area (Å²) in [5.74, 6) is 0.208. The average molecular weight is 287 g/mol. The van der Waals surface area contributed by atoms with Gasteiger partial charge in [-0.2, -0.15) is 0 Å². The Labute approximate surface area is 122 Å². The summed E-state index contributed by atoms with van der Waals surface area (Å²) in [6.45, 7) is 1.98. The molecule has 110 valence electrons. The molecular formula is C16H17NO4. The topological polar surface area (TPSA) is 68.7 Å². The highest BCUT2D eigenvalue weighted by Gasteiger charge is 2.25. The van der Waals surface area contributed by atoms with Crippen molar-refractivity contribution in [3.05, 3.63) is 35.5 Å². The largest absolute Gasteiger partial charge is 0.488 e. The van der Waals surface area contributed by atoms with Crippen molar-refractivity contribution in [2.75, 3.05) is 6.61 Å². The molecule has 0 bridgehead atoms. The molecule has 1 saturated carbocycles. The predicted octanol–water partition coefficient (Wildman–Crippen LogP) is 2.45. The summed E-state index contributed by atoms with van der Waals surface area (Å²) in [6.07, 6.45) is 2.24. The Morgan fingerprint density at radius 1 is 1.38 bits per heavy atom. The monoisotopic (exact) mass is 287 g/mol. The summed E-state index contributed by atoms with van der Waals surface area (Å²) in [5.41, 5.74) is 1.70. The van der Waals surface area contributed by atoms with Crippen LogP contribution in [0.1, 0.15) is 35.8 Å². The van der Waals surface area contributed by atoms with Crippen LogP contribution >= 0.6 is 0 Å². The fourth-order valence-electron chi connectivity index (χ4n) is 2.12. The maximum Gasteiger partial charge on any atom is 0.338 e. The number of aromatic nitrogens is 1. The Balaban J connectivity index is 2.08. The Morgan fingerprint density at radius 3 is 2.86 bits per heavy atom. The normalized spacial score (nSPS) is 14.2. The van der Waals surface area contributed by atoms with Crippen molar-refractivity contribution in [1.29, 1.82) is 0 Å². The van der Waals surface area contributed by atoms with Crippen molar-refractivity contribution in [3.63, 3.8) is 0 Å². The highest BCUT2D eigenvalue weighted by Crippen LogP contribution is 2.32. The molecule has 0 aliphatic heterocycles. The number of hydrogen-bond acceptors (Lipinski definition) is 5. The number of carbonyl (C=O) groups excluding carboxylic acids is 1. The van der Waals surface area contributed by atoms with Crippen LogP contribution in [0.4, 0.5) is 0 Å². The molecule has 3 rings (SSSR count). The summed E-state index contributed by atoms with van der Waals surface area (Å²) < 4.78 is 10.9. The first-order valence-electron chi connectivity index (χ1n) is 7.09. The molecule has 1 fully saturated rings. The lowest BCUT2D eigenvalue weighted by Gasteiger charge is -2.11. The van der Waals surface area contributed by atoms with Gasteiger partial charge in [0, 0.05) is 5.39 Å². The molecule has 1 heterocycles. The molecule has 0 radical (unpaired) electrons. The molecule has 0 atom stereocenters. The third-order valence-electron chi connectivity index (χ3n) is 3.31. The minimum atomic E-state index is -0.369. The van der Waals surface area contributed by atoms with Gasteiger partial charge in [-0.25, -0.2) is 9.78 Å². The van der Waals surface area contributed by atoms with Crippen LogP contribution in [0.5, 0.6) is 5.75 Å². The molecule has 1 N–H and O–H groups in total. The van der Waals surface area contributed by atoms with Crippen molar-refractivity contribution >= 4 is 16.9 Å². The summed E-state index contributed by atoms with van der Waals surface area (Å²) in [6, 6.07) is 6.97. The van der Waals surface area contributed by atoms with Gasteiger partial charge >= 0.3 is 5.97 Å². The molecular weight excluding hydrogens is 270 g/mol. The number of aliphatic hydroxyl groups excluding tert-OH is 1. The third kappa shape index (κ3) is 2.97. The quantitative estimate of drug-likeness (QED) is 0.855. The second-order valence-electron chi connectivity index (χ2n) is 5.04. The fourth-order valence-corrected chi connectivity index (χ4v) is 2.12. The number of ether oxygens (including phenoxy) is 2. The molecule has 1 aromatic heterocycles. The summed E-state index contributed by atoms with van der Waals surface area (Å²) in [7, 11) is 0. The van der Waals surface area contributed by atoms with Crippen LogP contribution in [0.3, 0.4) is 0 Å². The van der Waals surface area contributed by atoms with E-state index in [0.717, 1.165) is 18.2 Å². The molecule has 21 heavy (non-hydrogen) atoms. The van der Waals surface area contributed by atoms with Crippen molar-refractivity contribution in [2.24, 2.45) is 0 Å². The summed E-state index contributed by atoms with van der Waals surface area (Å²) in [5, 5.41) is 10.0. The van der Waals surface area contributed by atoms with Crippen molar-refractivity contribution in [1.82, 2.24) is 4.98 Å². The second kappa shape index (κ2) is 5.69. The van der Waals surface area contributed by atoms with E-state index in [0.29, 0.717) is 29.1 Å². The second-order valence-corrected chi connectivity index (χ2v) is 5.04. The van der Waals surface area contributed by atoms with Gasteiger partial charge in [-0.3, -0.25) is 0 Å². The molecule has 1 aromatic carbocycles. The Morgan fingerprint density at radius 2 is 2.19 bits per heavy atom. The molecule has 1 aliphatic rings. The zero-order valence-corrected chi connectivity index (χ0v) is 11.8. The number of nitrogens with zero attached hydrogens (tertiary/aromatic N) is 1. The van der Waals surface area contributed by atoms with E-state index in [9.17, 15) is 9.90 Å². The highest BCUT2D eigenvalue weighted by molar-refractivity contribution is 5.97. The zero-order valence-electron chi connectivity index (χ0n) is 11.8. The summed E-state index contributed by atoms with van der Waals surface area (Å²) in [4.78, 5) is 16.3. The third-order valence-corrected chi connectivity index (χ3v) is 3.31. The van der Waals surface area contributed by atoms with Gasteiger partial charge in [0.2, 0.25) is 0 Å². The number of carbonyl (C=O) groups is 1. The Kier molecular flexibility index (Phi) is 3.75. The van der Waals surface area contributed by atoms with Crippen LogP contribution in [0, 0.1) is 0 Å². The van der Waals surface area contributed by atoms with Crippen molar-refractivity contribution in [3.8, 4) is 5.75 Å². The van der Waals surface area contributed by atoms with Gasteiger partial charge in [-0.1, -0.05) is 6.07 Å². The van der Waals surface area contributed by atoms with Crippen molar-refractivity contribution in [2.45, 2.75) is 32.5 Å². The maximum atomic E-state index is 11.9. The first-order chi connectivity index (χ1) is 10.2. The van der Waals surface area contributed by atoms with Crippen LogP contribution in [-0.4, -0.2) is 28.8 Å². The molecule has 2 aromatic rings. The first-order valence-corrected chi connectivity index (χ1v) is 7.09. The van der Waals surface area contributed by atoms with Crippen LogP contribution in [0.2, 0.25) is 0 Å². The molecule has 0 saturated heterocycles.